The molecule has 0 saturated heterocycles. The van der Waals surface area contributed by atoms with E-state index in [1.807, 2.05) is 0 Å². The maximum Gasteiger partial charge on any atom is 0.472 e. The smallest absolute Gasteiger partial charge is 0.472 e. The molecule has 0 saturated carbocycles. The Morgan fingerprint density at radius 2 is 0.920 bits per heavy atom. The van der Waals surface area contributed by atoms with Crippen molar-refractivity contribution in [3.8, 4) is 0 Å². The van der Waals surface area contributed by atoms with E-state index in [1.165, 1.54) is 141 Å². The Hall–Kier alpha value is -1.03. The lowest BCUT2D eigenvalue weighted by atomic mass is 10.0. The van der Waals surface area contributed by atoms with E-state index in [1.54, 1.807) is 0 Å². The topological polar surface area (TPSA) is 155 Å². The number of ether oxygens (including phenoxy) is 2. The molecule has 0 heterocycles. The Kier molecular flexibility index (Phi) is 35.6. The molecule has 0 aliphatic carbocycles. The monoisotopic (exact) mass is 736 g/mol. The zero-order valence-corrected chi connectivity index (χ0v) is 33.2. The summed E-state index contributed by atoms with van der Waals surface area (Å²) in [7, 11) is -4.60. The number of unbranched alkanes of at least 4 members (excludes halogenated alkanes) is 26. The standard InChI is InChI=1S/C39H78NO9P/c1-3-5-7-9-11-13-15-17-18-19-20-22-24-26-28-30-32-46-33-36(34-47-50(44,45)48-35-37(40)39(42)43)49-38(41)31-29-27-25-23-21-16-14-12-10-8-6-4-2/h36-37H,3-35,40H2,1-2H3,(H,42,43)(H,44,45). The van der Waals surface area contributed by atoms with Gasteiger partial charge in [0.2, 0.25) is 0 Å². The van der Waals surface area contributed by atoms with Gasteiger partial charge < -0.3 is 25.2 Å². The summed E-state index contributed by atoms with van der Waals surface area (Å²) in [5.74, 6) is -1.77. The number of phosphoric acid groups is 1. The summed E-state index contributed by atoms with van der Waals surface area (Å²) in [5, 5.41) is 8.87. The number of carboxylic acid groups (broad SMARTS) is 1. The van der Waals surface area contributed by atoms with Crippen LogP contribution in [0.25, 0.3) is 0 Å². The Labute approximate surface area is 306 Å². The van der Waals surface area contributed by atoms with Gasteiger partial charge in [-0.25, -0.2) is 4.57 Å². The maximum atomic E-state index is 12.6. The Bertz CT molecular complexity index is 816. The summed E-state index contributed by atoms with van der Waals surface area (Å²) >= 11 is 0. The molecule has 11 heteroatoms. The van der Waals surface area contributed by atoms with Gasteiger partial charge in [-0.1, -0.05) is 181 Å². The Morgan fingerprint density at radius 1 is 0.560 bits per heavy atom. The molecule has 3 unspecified atom stereocenters. The number of carbonyl (C=O) groups is 2. The molecule has 0 fully saturated rings. The number of phosphoric ester groups is 1. The highest BCUT2D eigenvalue weighted by atomic mass is 31.2. The van der Waals surface area contributed by atoms with E-state index in [-0.39, 0.29) is 13.0 Å². The summed E-state index contributed by atoms with van der Waals surface area (Å²) in [6, 6.07) is -1.47. The fourth-order valence-corrected chi connectivity index (χ4v) is 6.68. The molecule has 0 aliphatic rings. The second-order valence-corrected chi connectivity index (χ2v) is 15.6. The highest BCUT2D eigenvalue weighted by Crippen LogP contribution is 2.43. The number of rotatable bonds is 40. The van der Waals surface area contributed by atoms with Crippen LogP contribution in [0, 0.1) is 0 Å². The predicted octanol–water partition coefficient (Wildman–Crippen LogP) is 10.8. The highest BCUT2D eigenvalue weighted by Gasteiger charge is 2.27. The third kappa shape index (κ3) is 35.4. The lowest BCUT2D eigenvalue weighted by Crippen LogP contribution is -2.34. The molecule has 0 aliphatic heterocycles. The SMILES string of the molecule is CCCCCCCCCCCCCCCCCCOCC(COP(=O)(O)OCC(N)C(=O)O)OC(=O)CCCCCCCCCCCCCC. The summed E-state index contributed by atoms with van der Waals surface area (Å²) in [4.78, 5) is 33.4. The van der Waals surface area contributed by atoms with Gasteiger partial charge in [-0.15, -0.1) is 0 Å². The molecule has 0 bridgehead atoms. The van der Waals surface area contributed by atoms with E-state index in [0.717, 1.165) is 38.5 Å². The van der Waals surface area contributed by atoms with Gasteiger partial charge in [-0.3, -0.25) is 18.6 Å². The van der Waals surface area contributed by atoms with Crippen LogP contribution in [0.15, 0.2) is 0 Å². The van der Waals surface area contributed by atoms with E-state index in [2.05, 4.69) is 13.8 Å². The normalized spacial score (nSPS) is 14.0. The summed E-state index contributed by atoms with van der Waals surface area (Å²) in [6.07, 6.45) is 34.3. The van der Waals surface area contributed by atoms with Crippen LogP contribution < -0.4 is 5.73 Å². The van der Waals surface area contributed by atoms with Crippen molar-refractivity contribution in [3.05, 3.63) is 0 Å². The molecule has 0 aromatic heterocycles. The molecule has 0 rings (SSSR count). The van der Waals surface area contributed by atoms with Crippen LogP contribution in [0.2, 0.25) is 0 Å². The third-order valence-electron chi connectivity index (χ3n) is 9.14. The number of hydrogen-bond acceptors (Lipinski definition) is 8. The van der Waals surface area contributed by atoms with Crippen LogP contribution in [-0.2, 0) is 32.7 Å². The van der Waals surface area contributed by atoms with Gasteiger partial charge in [0.1, 0.15) is 12.1 Å². The van der Waals surface area contributed by atoms with E-state index in [0.29, 0.717) is 6.61 Å². The van der Waals surface area contributed by atoms with Gasteiger partial charge in [0.05, 0.1) is 19.8 Å². The summed E-state index contributed by atoms with van der Waals surface area (Å²) < 4.78 is 33.3. The number of aliphatic carboxylic acids is 1. The second kappa shape index (κ2) is 36.3. The lowest BCUT2D eigenvalue weighted by Gasteiger charge is -2.20. The molecular formula is C39H78NO9P. The molecule has 50 heavy (non-hydrogen) atoms. The number of carbonyl (C=O) groups excluding carboxylic acids is 1. The van der Waals surface area contributed by atoms with Crippen molar-refractivity contribution in [1.82, 2.24) is 0 Å². The average Bonchev–Trinajstić information content (AvgIpc) is 3.09. The molecule has 0 aromatic rings. The van der Waals surface area contributed by atoms with Crippen LogP contribution in [-0.4, -0.2) is 60.5 Å². The van der Waals surface area contributed by atoms with Gasteiger partial charge in [0.15, 0.2) is 0 Å². The van der Waals surface area contributed by atoms with Crippen molar-refractivity contribution < 1.29 is 42.7 Å². The Morgan fingerprint density at radius 3 is 1.32 bits per heavy atom. The largest absolute Gasteiger partial charge is 0.480 e. The van der Waals surface area contributed by atoms with Crippen molar-refractivity contribution in [2.75, 3.05) is 26.4 Å². The first kappa shape index (κ1) is 49.0. The van der Waals surface area contributed by atoms with Crippen LogP contribution in [0.3, 0.4) is 0 Å². The molecule has 0 radical (unpaired) electrons. The van der Waals surface area contributed by atoms with Gasteiger partial charge in [-0.2, -0.15) is 0 Å². The van der Waals surface area contributed by atoms with Crippen LogP contribution in [0.4, 0.5) is 0 Å². The number of nitrogens with two attached hydrogens (primary N) is 1. The molecule has 0 aromatic carbocycles. The predicted molar refractivity (Wildman–Crippen MR) is 203 cm³/mol. The quantitative estimate of drug-likeness (QED) is 0.0314. The molecular weight excluding hydrogens is 657 g/mol. The zero-order chi connectivity index (χ0) is 37.0. The van der Waals surface area contributed by atoms with Crippen molar-refractivity contribution in [3.63, 3.8) is 0 Å². The molecule has 0 amide bonds. The fraction of sp³-hybridized carbons (Fsp3) is 0.949. The van der Waals surface area contributed by atoms with E-state index >= 15 is 0 Å². The zero-order valence-electron chi connectivity index (χ0n) is 32.3. The number of carboxylic acids is 1. The third-order valence-corrected chi connectivity index (χ3v) is 10.1. The Balaban J connectivity index is 4.21. The summed E-state index contributed by atoms with van der Waals surface area (Å²) in [5.41, 5.74) is 5.34. The van der Waals surface area contributed by atoms with Gasteiger partial charge in [0, 0.05) is 13.0 Å². The van der Waals surface area contributed by atoms with Gasteiger partial charge >= 0.3 is 19.8 Å². The minimum Gasteiger partial charge on any atom is -0.480 e. The van der Waals surface area contributed by atoms with Crippen molar-refractivity contribution in [1.29, 1.82) is 0 Å². The fourth-order valence-electron chi connectivity index (χ4n) is 5.90. The van der Waals surface area contributed by atoms with Crippen LogP contribution in [0.1, 0.15) is 200 Å². The molecule has 10 nitrogen and oxygen atoms in total. The first-order valence-corrected chi connectivity index (χ1v) is 22.1. The second-order valence-electron chi connectivity index (χ2n) is 14.1. The van der Waals surface area contributed by atoms with E-state index < -0.39 is 45.1 Å². The van der Waals surface area contributed by atoms with Crippen molar-refractivity contribution >= 4 is 19.8 Å². The van der Waals surface area contributed by atoms with Gasteiger partial charge in [0.25, 0.3) is 0 Å². The number of esters is 1. The van der Waals surface area contributed by atoms with Crippen molar-refractivity contribution in [2.45, 2.75) is 212 Å². The molecule has 0 spiro atoms. The van der Waals surface area contributed by atoms with Crippen LogP contribution >= 0.6 is 7.82 Å². The molecule has 3 atom stereocenters. The minimum absolute atomic E-state index is 0.0254. The maximum absolute atomic E-state index is 12.6. The van der Waals surface area contributed by atoms with E-state index in [9.17, 15) is 19.0 Å². The molecule has 298 valence electrons. The molecule has 4 N–H and O–H groups in total. The lowest BCUT2D eigenvalue weighted by molar-refractivity contribution is -0.154. The van der Waals surface area contributed by atoms with Crippen LogP contribution in [0.5, 0.6) is 0 Å². The minimum atomic E-state index is -4.60. The number of hydrogen-bond donors (Lipinski definition) is 3. The first-order valence-electron chi connectivity index (χ1n) is 20.6. The highest BCUT2D eigenvalue weighted by molar-refractivity contribution is 7.47. The van der Waals surface area contributed by atoms with E-state index in [4.69, 9.17) is 29.4 Å². The van der Waals surface area contributed by atoms with Gasteiger partial charge in [-0.05, 0) is 12.8 Å². The average molecular weight is 736 g/mol. The van der Waals surface area contributed by atoms with Crippen molar-refractivity contribution in [2.24, 2.45) is 5.73 Å². The first-order chi connectivity index (χ1) is 24.2. The summed E-state index contributed by atoms with van der Waals surface area (Å²) in [6.45, 7) is 3.91.